The molecule has 0 bridgehead atoms. The Kier molecular flexibility index (Phi) is 1.38. The van der Waals surface area contributed by atoms with Gasteiger partial charge in [-0.15, -0.1) is 0 Å². The van der Waals surface area contributed by atoms with Crippen LogP contribution < -0.4 is 5.32 Å². The fourth-order valence-electron chi connectivity index (χ4n) is 0.526. The maximum absolute atomic E-state index is 11.6. The maximum atomic E-state index is 11.6. The van der Waals surface area contributed by atoms with Crippen molar-refractivity contribution < 1.29 is 13.2 Å². The summed E-state index contributed by atoms with van der Waals surface area (Å²) in [6, 6.07) is -1.60. The summed E-state index contributed by atoms with van der Waals surface area (Å²) in [5.74, 6) is 0. The summed E-state index contributed by atoms with van der Waals surface area (Å²) in [5.41, 5.74) is 0. The molecule has 1 aliphatic heterocycles. The minimum Gasteiger partial charge on any atom is -0.379 e. The van der Waals surface area contributed by atoms with E-state index in [4.69, 9.17) is 0 Å². The number of rotatable bonds is 0. The third-order valence-corrected chi connectivity index (χ3v) is 0.936. The zero-order chi connectivity index (χ0) is 6.91. The zero-order valence-electron chi connectivity index (χ0n) is 4.37. The van der Waals surface area contributed by atoms with E-state index in [0.29, 0.717) is 0 Å². The summed E-state index contributed by atoms with van der Waals surface area (Å²) in [4.78, 5) is 0. The maximum Gasteiger partial charge on any atom is 0.409 e. The SMILES string of the molecule is FC(F)(F)C1[C]C=CN1. The van der Waals surface area contributed by atoms with E-state index in [2.05, 4.69) is 11.7 Å². The van der Waals surface area contributed by atoms with Crippen molar-refractivity contribution in [3.8, 4) is 0 Å². The molecule has 1 aliphatic rings. The number of nitrogens with one attached hydrogen (secondary N) is 1. The van der Waals surface area contributed by atoms with E-state index in [1.807, 2.05) is 0 Å². The molecule has 0 fully saturated rings. The lowest BCUT2D eigenvalue weighted by Crippen LogP contribution is -2.36. The second kappa shape index (κ2) is 1.93. The van der Waals surface area contributed by atoms with Gasteiger partial charge in [-0.25, -0.2) is 0 Å². The zero-order valence-corrected chi connectivity index (χ0v) is 4.37. The summed E-state index contributed by atoms with van der Waals surface area (Å²) in [7, 11) is 0. The predicted molar refractivity (Wildman–Crippen MR) is 25.4 cm³/mol. The van der Waals surface area contributed by atoms with Gasteiger partial charge in [-0.2, -0.15) is 13.2 Å². The molecule has 0 saturated heterocycles. The lowest BCUT2D eigenvalue weighted by molar-refractivity contribution is -0.143. The van der Waals surface area contributed by atoms with Crippen LogP contribution in [0.25, 0.3) is 0 Å². The van der Waals surface area contributed by atoms with Crippen molar-refractivity contribution in [1.82, 2.24) is 5.32 Å². The average molecular weight is 135 g/mol. The highest BCUT2D eigenvalue weighted by atomic mass is 19.4. The Morgan fingerprint density at radius 1 is 1.44 bits per heavy atom. The van der Waals surface area contributed by atoms with E-state index >= 15 is 0 Å². The fraction of sp³-hybridized carbons (Fsp3) is 0.400. The number of halogens is 3. The lowest BCUT2D eigenvalue weighted by Gasteiger charge is -2.13. The van der Waals surface area contributed by atoms with Gasteiger partial charge < -0.3 is 5.32 Å². The van der Waals surface area contributed by atoms with Crippen LogP contribution in [0.5, 0.6) is 0 Å². The molecule has 0 aromatic heterocycles. The Morgan fingerprint density at radius 2 is 2.11 bits per heavy atom. The highest BCUT2D eigenvalue weighted by Gasteiger charge is 2.39. The first-order valence-corrected chi connectivity index (χ1v) is 2.34. The Bertz CT molecular complexity index is 119. The summed E-state index contributed by atoms with van der Waals surface area (Å²) < 4.78 is 34.8. The Labute approximate surface area is 50.6 Å². The number of alkyl halides is 3. The van der Waals surface area contributed by atoms with Crippen LogP contribution in [-0.2, 0) is 0 Å². The van der Waals surface area contributed by atoms with Crippen LogP contribution in [0.15, 0.2) is 12.3 Å². The first kappa shape index (κ1) is 6.45. The second-order valence-corrected chi connectivity index (χ2v) is 1.64. The van der Waals surface area contributed by atoms with E-state index < -0.39 is 12.2 Å². The molecule has 0 amide bonds. The fourth-order valence-corrected chi connectivity index (χ4v) is 0.526. The largest absolute Gasteiger partial charge is 0.409 e. The predicted octanol–water partition coefficient (Wildman–Crippen LogP) is 1.12. The third kappa shape index (κ3) is 1.37. The van der Waals surface area contributed by atoms with Crippen LogP contribution in [0, 0.1) is 6.42 Å². The smallest absolute Gasteiger partial charge is 0.379 e. The van der Waals surface area contributed by atoms with Gasteiger partial charge >= 0.3 is 6.18 Å². The van der Waals surface area contributed by atoms with Crippen molar-refractivity contribution in [2.24, 2.45) is 0 Å². The summed E-state index contributed by atoms with van der Waals surface area (Å²) >= 11 is 0. The molecule has 4 heteroatoms. The molecular formula is C5H4F3N. The van der Waals surface area contributed by atoms with Gasteiger partial charge in [0.1, 0.15) is 6.04 Å². The molecular weight excluding hydrogens is 131 g/mol. The van der Waals surface area contributed by atoms with Crippen molar-refractivity contribution in [2.45, 2.75) is 12.2 Å². The van der Waals surface area contributed by atoms with E-state index in [-0.39, 0.29) is 0 Å². The van der Waals surface area contributed by atoms with Gasteiger partial charge in [0.05, 0.1) is 0 Å². The summed E-state index contributed by atoms with van der Waals surface area (Å²) in [6.45, 7) is 0. The molecule has 1 atom stereocenters. The molecule has 1 rings (SSSR count). The molecule has 1 N–H and O–H groups in total. The average Bonchev–Trinajstić information content (AvgIpc) is 2.08. The van der Waals surface area contributed by atoms with Gasteiger partial charge in [0.25, 0.3) is 0 Å². The van der Waals surface area contributed by atoms with Gasteiger partial charge in [-0.05, 0) is 6.20 Å². The standard InChI is InChI=1S/C5H4F3N/c6-5(7,8)4-2-1-3-9-4/h1,3-4,9H. The molecule has 0 aromatic rings. The van der Waals surface area contributed by atoms with Crippen LogP contribution in [0.3, 0.4) is 0 Å². The number of hydrogen-bond acceptors (Lipinski definition) is 1. The lowest BCUT2D eigenvalue weighted by atomic mass is 10.2. The van der Waals surface area contributed by atoms with Crippen LogP contribution in [0.2, 0.25) is 0 Å². The van der Waals surface area contributed by atoms with Gasteiger partial charge in [-0.3, -0.25) is 0 Å². The molecule has 1 nitrogen and oxygen atoms in total. The molecule has 50 valence electrons. The molecule has 0 aliphatic carbocycles. The molecule has 9 heavy (non-hydrogen) atoms. The first-order valence-electron chi connectivity index (χ1n) is 2.34. The minimum atomic E-state index is -4.20. The summed E-state index contributed by atoms with van der Waals surface area (Å²) in [6.07, 6.45) is 0.316. The molecule has 1 heterocycles. The monoisotopic (exact) mass is 135 g/mol. The van der Waals surface area contributed by atoms with Gasteiger partial charge in [-0.1, -0.05) is 6.08 Å². The van der Waals surface area contributed by atoms with E-state index in [9.17, 15) is 13.2 Å². The molecule has 0 spiro atoms. The third-order valence-electron chi connectivity index (χ3n) is 0.936. The van der Waals surface area contributed by atoms with Crippen molar-refractivity contribution >= 4 is 0 Å². The van der Waals surface area contributed by atoms with Crippen LogP contribution in [-0.4, -0.2) is 12.2 Å². The van der Waals surface area contributed by atoms with Crippen molar-refractivity contribution in [3.05, 3.63) is 18.7 Å². The van der Waals surface area contributed by atoms with E-state index in [1.54, 1.807) is 0 Å². The Morgan fingerprint density at radius 3 is 2.33 bits per heavy atom. The van der Waals surface area contributed by atoms with Gasteiger partial charge in [0.2, 0.25) is 0 Å². The first-order chi connectivity index (χ1) is 4.11. The molecule has 1 unspecified atom stereocenters. The van der Waals surface area contributed by atoms with Crippen LogP contribution in [0.1, 0.15) is 0 Å². The molecule has 2 radical (unpaired) electrons. The van der Waals surface area contributed by atoms with E-state index in [0.717, 1.165) is 0 Å². The molecule has 0 aromatic carbocycles. The van der Waals surface area contributed by atoms with Crippen LogP contribution in [0.4, 0.5) is 13.2 Å². The Balaban J connectivity index is 2.46. The van der Waals surface area contributed by atoms with Crippen LogP contribution >= 0.6 is 0 Å². The number of hydrogen-bond donors (Lipinski definition) is 1. The quantitative estimate of drug-likeness (QED) is 0.524. The van der Waals surface area contributed by atoms with Crippen molar-refractivity contribution in [1.29, 1.82) is 0 Å². The van der Waals surface area contributed by atoms with E-state index in [1.165, 1.54) is 12.3 Å². The van der Waals surface area contributed by atoms with Gasteiger partial charge in [0, 0.05) is 6.42 Å². The minimum absolute atomic E-state index is 1.22. The summed E-state index contributed by atoms with van der Waals surface area (Å²) in [5, 5.41) is 2.08. The highest BCUT2D eigenvalue weighted by Crippen LogP contribution is 2.23. The topological polar surface area (TPSA) is 12.0 Å². The highest BCUT2D eigenvalue weighted by molar-refractivity contribution is 5.11. The Hall–Kier alpha value is -0.670. The normalized spacial score (nSPS) is 26.3. The molecule has 0 saturated carbocycles. The van der Waals surface area contributed by atoms with Crippen molar-refractivity contribution in [3.63, 3.8) is 0 Å². The second-order valence-electron chi connectivity index (χ2n) is 1.64. The van der Waals surface area contributed by atoms with Gasteiger partial charge in [0.15, 0.2) is 0 Å². The van der Waals surface area contributed by atoms with Crippen molar-refractivity contribution in [2.75, 3.05) is 0 Å².